The van der Waals surface area contributed by atoms with Crippen molar-refractivity contribution >= 4 is 0 Å². The molecule has 0 aromatic heterocycles. The van der Waals surface area contributed by atoms with Crippen molar-refractivity contribution in [1.29, 1.82) is 0 Å². The lowest BCUT2D eigenvalue weighted by Gasteiger charge is -2.26. The molecule has 2 nitrogen and oxygen atoms in total. The second-order valence-corrected chi connectivity index (χ2v) is 6.09. The molecule has 108 valence electrons. The molecule has 2 saturated carbocycles. The Morgan fingerprint density at radius 2 is 1.28 bits per heavy atom. The maximum atomic E-state index is 3.26. The molecule has 18 heavy (non-hydrogen) atoms. The van der Waals surface area contributed by atoms with Crippen LogP contribution in [0.2, 0.25) is 0 Å². The summed E-state index contributed by atoms with van der Waals surface area (Å²) in [5.74, 6) is 0. The molecular weight excluding hydrogens is 220 g/mol. The zero-order chi connectivity index (χ0) is 13.6. The predicted molar refractivity (Wildman–Crippen MR) is 81.0 cm³/mol. The van der Waals surface area contributed by atoms with Gasteiger partial charge in [0.15, 0.2) is 0 Å². The molecule has 4 aliphatic rings. The number of nitrogens with zero attached hydrogens (tertiary/aromatic N) is 1. The second-order valence-electron chi connectivity index (χ2n) is 6.09. The van der Waals surface area contributed by atoms with E-state index in [0.717, 1.165) is 10.8 Å². The van der Waals surface area contributed by atoms with Crippen LogP contribution in [0.5, 0.6) is 0 Å². The number of nitrogens with one attached hydrogen (secondary N) is 1. The molecule has 0 amide bonds. The summed E-state index contributed by atoms with van der Waals surface area (Å²) in [4.78, 5) is 2.45. The summed E-state index contributed by atoms with van der Waals surface area (Å²) in [6.07, 6.45) is 7.50. The van der Waals surface area contributed by atoms with E-state index in [9.17, 15) is 0 Å². The lowest BCUT2D eigenvalue weighted by Crippen LogP contribution is -2.43. The lowest BCUT2D eigenvalue weighted by atomic mass is 10.0. The van der Waals surface area contributed by atoms with Gasteiger partial charge in [0.1, 0.15) is 0 Å². The van der Waals surface area contributed by atoms with Gasteiger partial charge in [0, 0.05) is 19.6 Å². The van der Waals surface area contributed by atoms with Gasteiger partial charge in [-0.1, -0.05) is 27.7 Å². The van der Waals surface area contributed by atoms with Crippen LogP contribution in [-0.2, 0) is 0 Å². The summed E-state index contributed by atoms with van der Waals surface area (Å²) in [6.45, 7) is 13.4. The normalized spacial score (nSPS) is 27.8. The Labute approximate surface area is 115 Å². The third kappa shape index (κ3) is 4.24. The Hall–Kier alpha value is -0.0800. The van der Waals surface area contributed by atoms with Gasteiger partial charge in [-0.15, -0.1) is 0 Å². The molecule has 0 aromatic carbocycles. The molecule has 1 N–H and O–H groups in total. The summed E-state index contributed by atoms with van der Waals surface area (Å²) >= 11 is 0. The van der Waals surface area contributed by atoms with Gasteiger partial charge in [0.25, 0.3) is 0 Å². The van der Waals surface area contributed by atoms with Gasteiger partial charge in [-0.2, -0.15) is 0 Å². The Bertz CT molecular complexity index is 223. The average molecular weight is 254 g/mol. The lowest BCUT2D eigenvalue weighted by molar-refractivity contribution is 0.324. The number of rotatable bonds is 0. The predicted octanol–water partition coefficient (Wildman–Crippen LogP) is 3.52. The van der Waals surface area contributed by atoms with Gasteiger partial charge in [-0.3, -0.25) is 0 Å². The highest BCUT2D eigenvalue weighted by Crippen LogP contribution is 2.52. The van der Waals surface area contributed by atoms with Gasteiger partial charge in [-0.05, 0) is 56.5 Å². The Morgan fingerprint density at radius 1 is 0.778 bits per heavy atom. The highest BCUT2D eigenvalue weighted by atomic mass is 15.1. The van der Waals surface area contributed by atoms with E-state index < -0.39 is 0 Å². The topological polar surface area (TPSA) is 15.3 Å². The van der Waals surface area contributed by atoms with Crippen LogP contribution >= 0.6 is 0 Å². The quantitative estimate of drug-likeness (QED) is 0.711. The van der Waals surface area contributed by atoms with Crippen LogP contribution in [0.1, 0.15) is 59.8 Å². The van der Waals surface area contributed by atoms with Crippen molar-refractivity contribution in [3.05, 3.63) is 0 Å². The molecule has 0 bridgehead atoms. The molecule has 2 spiro atoms. The van der Waals surface area contributed by atoms with E-state index in [4.69, 9.17) is 0 Å². The van der Waals surface area contributed by atoms with E-state index in [0.29, 0.717) is 0 Å². The summed E-state index contributed by atoms with van der Waals surface area (Å²) < 4.78 is 0. The summed E-state index contributed by atoms with van der Waals surface area (Å²) in [7, 11) is 2.23. The van der Waals surface area contributed by atoms with Gasteiger partial charge in [0.2, 0.25) is 0 Å². The van der Waals surface area contributed by atoms with Crippen molar-refractivity contribution in [2.45, 2.75) is 59.8 Å². The van der Waals surface area contributed by atoms with E-state index in [1.54, 1.807) is 0 Å². The molecule has 2 saturated heterocycles. The van der Waals surface area contributed by atoms with Crippen molar-refractivity contribution in [3.8, 4) is 0 Å². The maximum absolute atomic E-state index is 3.26. The third-order valence-electron chi connectivity index (χ3n) is 4.54. The first-order valence-electron chi connectivity index (χ1n) is 8.12. The molecule has 0 radical (unpaired) electrons. The fraction of sp³-hybridized carbons (Fsp3) is 1.00. The fourth-order valence-corrected chi connectivity index (χ4v) is 2.75. The van der Waals surface area contributed by atoms with E-state index in [-0.39, 0.29) is 0 Å². The first kappa shape index (κ1) is 16.0. The minimum Gasteiger partial charge on any atom is -0.316 e. The summed E-state index contributed by atoms with van der Waals surface area (Å²) in [5, 5.41) is 3.26. The Morgan fingerprint density at radius 3 is 1.39 bits per heavy atom. The van der Waals surface area contributed by atoms with Gasteiger partial charge >= 0.3 is 0 Å². The van der Waals surface area contributed by atoms with Gasteiger partial charge in [0.05, 0.1) is 0 Å². The summed E-state index contributed by atoms with van der Waals surface area (Å²) in [6, 6.07) is 0. The van der Waals surface area contributed by atoms with Gasteiger partial charge in [-0.25, -0.2) is 0 Å². The van der Waals surface area contributed by atoms with Crippen LogP contribution < -0.4 is 5.32 Å². The third-order valence-corrected chi connectivity index (χ3v) is 4.54. The van der Waals surface area contributed by atoms with Crippen LogP contribution in [0.25, 0.3) is 0 Å². The first-order chi connectivity index (χ1) is 8.72. The van der Waals surface area contributed by atoms with Crippen LogP contribution in [-0.4, -0.2) is 38.1 Å². The van der Waals surface area contributed by atoms with E-state index in [1.807, 2.05) is 27.7 Å². The molecule has 2 aliphatic heterocycles. The molecule has 2 heterocycles. The molecule has 4 rings (SSSR count). The minimum atomic E-state index is 0.842. The van der Waals surface area contributed by atoms with E-state index in [1.165, 1.54) is 58.3 Å². The molecular formula is C16H34N2. The molecule has 0 aromatic rings. The molecule has 2 aliphatic carbocycles. The number of likely N-dealkylation sites (tertiary alicyclic amines) is 1. The maximum Gasteiger partial charge on any atom is 0.00354 e. The number of hydrogen-bond acceptors (Lipinski definition) is 2. The standard InChI is InChI=1S/C7H13N.C5H9N.2C2H6/c1-8-5-4-7(6-8)2-3-7;1-2-5(1)3-6-4-5;2*1-2/h2-6H2,1H3;6H,1-4H2;2*1-2H3. The molecule has 4 fully saturated rings. The van der Waals surface area contributed by atoms with Crippen LogP contribution in [0, 0.1) is 10.8 Å². The smallest absolute Gasteiger partial charge is 0.00354 e. The Kier molecular flexibility index (Phi) is 6.13. The minimum absolute atomic E-state index is 0.842. The Balaban J connectivity index is 0.000000145. The van der Waals surface area contributed by atoms with Crippen molar-refractivity contribution in [2.75, 3.05) is 33.2 Å². The molecule has 2 heteroatoms. The van der Waals surface area contributed by atoms with Crippen molar-refractivity contribution in [2.24, 2.45) is 10.8 Å². The summed E-state index contributed by atoms with van der Waals surface area (Å²) in [5.41, 5.74) is 1.70. The van der Waals surface area contributed by atoms with Crippen molar-refractivity contribution in [3.63, 3.8) is 0 Å². The number of hydrogen-bond donors (Lipinski definition) is 1. The molecule has 0 atom stereocenters. The zero-order valence-corrected chi connectivity index (χ0v) is 13.3. The first-order valence-corrected chi connectivity index (χ1v) is 8.12. The van der Waals surface area contributed by atoms with E-state index >= 15 is 0 Å². The van der Waals surface area contributed by atoms with Crippen LogP contribution in [0.15, 0.2) is 0 Å². The second kappa shape index (κ2) is 6.91. The monoisotopic (exact) mass is 254 g/mol. The fourth-order valence-electron chi connectivity index (χ4n) is 2.75. The SMILES string of the molecule is C1CC12CNC2.CC.CC.CN1CCC2(CC2)C1. The average Bonchev–Trinajstić information content (AvgIpc) is 3.25. The van der Waals surface area contributed by atoms with Crippen molar-refractivity contribution in [1.82, 2.24) is 10.2 Å². The van der Waals surface area contributed by atoms with Gasteiger partial charge < -0.3 is 10.2 Å². The zero-order valence-electron chi connectivity index (χ0n) is 13.3. The van der Waals surface area contributed by atoms with E-state index in [2.05, 4.69) is 17.3 Å². The van der Waals surface area contributed by atoms with Crippen molar-refractivity contribution < 1.29 is 0 Å². The van der Waals surface area contributed by atoms with Crippen LogP contribution in [0.3, 0.4) is 0 Å². The highest BCUT2D eigenvalue weighted by molar-refractivity contribution is 5.03. The largest absolute Gasteiger partial charge is 0.316 e. The molecule has 0 unspecified atom stereocenters. The highest BCUT2D eigenvalue weighted by Gasteiger charge is 2.47. The van der Waals surface area contributed by atoms with Crippen LogP contribution in [0.4, 0.5) is 0 Å².